The van der Waals surface area contributed by atoms with Crippen molar-refractivity contribution in [2.75, 3.05) is 0 Å². The van der Waals surface area contributed by atoms with Gasteiger partial charge in [0.05, 0.1) is 12.5 Å². The van der Waals surface area contributed by atoms with E-state index in [0.717, 1.165) is 12.1 Å². The zero-order valence-electron chi connectivity index (χ0n) is 9.48. The zero-order valence-corrected chi connectivity index (χ0v) is 9.48. The van der Waals surface area contributed by atoms with E-state index < -0.39 is 24.1 Å². The molecular formula is C11H10F3NO4. The van der Waals surface area contributed by atoms with E-state index in [1.807, 2.05) is 0 Å². The van der Waals surface area contributed by atoms with Gasteiger partial charge in [-0.3, -0.25) is 9.59 Å². The van der Waals surface area contributed by atoms with Gasteiger partial charge in [0, 0.05) is 0 Å². The van der Waals surface area contributed by atoms with Gasteiger partial charge < -0.3 is 15.2 Å². The first-order chi connectivity index (χ1) is 8.81. The Hall–Kier alpha value is -2.25. The molecule has 2 N–H and O–H groups in total. The maximum absolute atomic E-state index is 11.9. The number of carboxylic acids is 1. The van der Waals surface area contributed by atoms with E-state index in [4.69, 9.17) is 5.11 Å². The third-order valence-electron chi connectivity index (χ3n) is 2.16. The Labute approximate surface area is 106 Å². The van der Waals surface area contributed by atoms with Crippen molar-refractivity contribution in [3.8, 4) is 5.75 Å². The lowest BCUT2D eigenvalue weighted by molar-refractivity contribution is -0.274. The first kappa shape index (κ1) is 14.8. The lowest BCUT2D eigenvalue weighted by Crippen LogP contribution is -2.22. The predicted molar refractivity (Wildman–Crippen MR) is 57.3 cm³/mol. The third-order valence-corrected chi connectivity index (χ3v) is 2.16. The van der Waals surface area contributed by atoms with Gasteiger partial charge >= 0.3 is 12.3 Å². The zero-order chi connectivity index (χ0) is 14.5. The maximum Gasteiger partial charge on any atom is 0.573 e. The molecule has 1 rings (SSSR count). The van der Waals surface area contributed by atoms with Gasteiger partial charge in [0.25, 0.3) is 0 Å². The van der Waals surface area contributed by atoms with Crippen LogP contribution in [0.2, 0.25) is 0 Å². The molecule has 1 aromatic carbocycles. The van der Waals surface area contributed by atoms with Crippen molar-refractivity contribution in [3.63, 3.8) is 0 Å². The lowest BCUT2D eigenvalue weighted by Gasteiger charge is -2.15. The number of carbonyl (C=O) groups is 2. The lowest BCUT2D eigenvalue weighted by atomic mass is 10.0. The maximum atomic E-state index is 11.9. The summed E-state index contributed by atoms with van der Waals surface area (Å²) >= 11 is 0. The van der Waals surface area contributed by atoms with Crippen molar-refractivity contribution in [1.82, 2.24) is 5.32 Å². The highest BCUT2D eigenvalue weighted by molar-refractivity contribution is 5.68. The van der Waals surface area contributed by atoms with E-state index in [2.05, 4.69) is 10.1 Å². The fourth-order valence-electron chi connectivity index (χ4n) is 1.43. The summed E-state index contributed by atoms with van der Waals surface area (Å²) in [5.74, 6) is -1.56. The number of benzene rings is 1. The Balaban J connectivity index is 2.82. The van der Waals surface area contributed by atoms with Crippen LogP contribution in [0.15, 0.2) is 24.3 Å². The Morgan fingerprint density at radius 2 is 1.95 bits per heavy atom. The largest absolute Gasteiger partial charge is 0.573 e. The Morgan fingerprint density at radius 3 is 2.37 bits per heavy atom. The van der Waals surface area contributed by atoms with Gasteiger partial charge in [0.15, 0.2) is 0 Å². The molecule has 104 valence electrons. The quantitative estimate of drug-likeness (QED) is 0.778. The van der Waals surface area contributed by atoms with Gasteiger partial charge in [-0.25, -0.2) is 0 Å². The van der Waals surface area contributed by atoms with Crippen LogP contribution in [0.1, 0.15) is 18.0 Å². The number of hydrogen-bond acceptors (Lipinski definition) is 3. The summed E-state index contributed by atoms with van der Waals surface area (Å²) < 4.78 is 39.5. The number of halogens is 3. The van der Waals surface area contributed by atoms with Crippen molar-refractivity contribution in [2.24, 2.45) is 0 Å². The molecule has 0 aliphatic carbocycles. The van der Waals surface area contributed by atoms with Gasteiger partial charge in [0.1, 0.15) is 5.75 Å². The molecule has 0 bridgehead atoms. The molecule has 0 aliphatic rings. The fourth-order valence-corrected chi connectivity index (χ4v) is 1.43. The second-order valence-corrected chi connectivity index (χ2v) is 3.55. The minimum absolute atomic E-state index is 0.327. The number of carbonyl (C=O) groups excluding carboxylic acids is 1. The highest BCUT2D eigenvalue weighted by Crippen LogP contribution is 2.25. The molecule has 0 aromatic heterocycles. The average molecular weight is 277 g/mol. The summed E-state index contributed by atoms with van der Waals surface area (Å²) in [4.78, 5) is 20.9. The van der Waals surface area contributed by atoms with Gasteiger partial charge in [-0.15, -0.1) is 13.2 Å². The van der Waals surface area contributed by atoms with E-state index >= 15 is 0 Å². The topological polar surface area (TPSA) is 75.6 Å². The molecular weight excluding hydrogens is 267 g/mol. The molecule has 0 aliphatic heterocycles. The Morgan fingerprint density at radius 1 is 1.37 bits per heavy atom. The molecule has 0 saturated heterocycles. The van der Waals surface area contributed by atoms with Crippen LogP contribution in [-0.2, 0) is 9.59 Å². The van der Waals surface area contributed by atoms with Crippen LogP contribution >= 0.6 is 0 Å². The first-order valence-electron chi connectivity index (χ1n) is 5.09. The SMILES string of the molecule is O=CN[C@@H](CC(=O)O)c1ccc(OC(F)(F)F)cc1. The summed E-state index contributed by atoms with van der Waals surface area (Å²) in [7, 11) is 0. The van der Waals surface area contributed by atoms with Crippen molar-refractivity contribution in [2.45, 2.75) is 18.8 Å². The number of alkyl halides is 3. The normalized spacial score (nSPS) is 12.6. The number of hydrogen-bond donors (Lipinski definition) is 2. The third kappa shape index (κ3) is 5.28. The molecule has 0 radical (unpaired) electrons. The van der Waals surface area contributed by atoms with Crippen molar-refractivity contribution < 1.29 is 32.6 Å². The Bertz CT molecular complexity index is 444. The predicted octanol–water partition coefficient (Wildman–Crippen LogP) is 1.85. The van der Waals surface area contributed by atoms with Crippen LogP contribution in [0.3, 0.4) is 0 Å². The van der Waals surface area contributed by atoms with Crippen molar-refractivity contribution >= 4 is 12.4 Å². The number of ether oxygens (including phenoxy) is 1. The summed E-state index contributed by atoms with van der Waals surface area (Å²) in [5.41, 5.74) is 0.365. The van der Waals surface area contributed by atoms with Crippen LogP contribution in [0.4, 0.5) is 13.2 Å². The summed E-state index contributed by atoms with van der Waals surface area (Å²) in [6.07, 6.45) is -4.84. The molecule has 8 heteroatoms. The number of rotatable bonds is 6. The van der Waals surface area contributed by atoms with E-state index in [9.17, 15) is 22.8 Å². The number of carboxylic acid groups (broad SMARTS) is 1. The molecule has 0 fully saturated rings. The minimum Gasteiger partial charge on any atom is -0.481 e. The van der Waals surface area contributed by atoms with Crippen LogP contribution in [0, 0.1) is 0 Å². The molecule has 19 heavy (non-hydrogen) atoms. The summed E-state index contributed by atoms with van der Waals surface area (Å²) in [6, 6.07) is 3.79. The van der Waals surface area contributed by atoms with E-state index in [1.54, 1.807) is 0 Å². The van der Waals surface area contributed by atoms with Crippen LogP contribution in [0.5, 0.6) is 5.75 Å². The molecule has 0 heterocycles. The van der Waals surface area contributed by atoms with Crippen LogP contribution < -0.4 is 10.1 Å². The van der Waals surface area contributed by atoms with Crippen molar-refractivity contribution in [3.05, 3.63) is 29.8 Å². The summed E-state index contributed by atoms with van der Waals surface area (Å²) in [6.45, 7) is 0. The van der Waals surface area contributed by atoms with Crippen LogP contribution in [-0.4, -0.2) is 23.8 Å². The number of nitrogens with one attached hydrogen (secondary N) is 1. The molecule has 0 unspecified atom stereocenters. The second-order valence-electron chi connectivity index (χ2n) is 3.55. The fraction of sp³-hybridized carbons (Fsp3) is 0.273. The molecule has 5 nitrogen and oxygen atoms in total. The van der Waals surface area contributed by atoms with Gasteiger partial charge in [0.2, 0.25) is 6.41 Å². The molecule has 1 amide bonds. The average Bonchev–Trinajstić information content (AvgIpc) is 2.27. The standard InChI is InChI=1S/C11H10F3NO4/c12-11(13,14)19-8-3-1-7(2-4-8)9(15-6-16)5-10(17)18/h1-4,6,9H,5H2,(H,15,16)(H,17,18)/t9-/m0/s1. The van der Waals surface area contributed by atoms with E-state index in [-0.39, 0.29) is 6.42 Å². The number of aliphatic carboxylic acids is 1. The highest BCUT2D eigenvalue weighted by atomic mass is 19.4. The van der Waals surface area contributed by atoms with Crippen molar-refractivity contribution in [1.29, 1.82) is 0 Å². The minimum atomic E-state index is -4.79. The van der Waals surface area contributed by atoms with Gasteiger partial charge in [-0.1, -0.05) is 12.1 Å². The van der Waals surface area contributed by atoms with Gasteiger partial charge in [-0.05, 0) is 17.7 Å². The molecule has 0 spiro atoms. The van der Waals surface area contributed by atoms with Crippen LogP contribution in [0.25, 0.3) is 0 Å². The smallest absolute Gasteiger partial charge is 0.481 e. The summed E-state index contributed by atoms with van der Waals surface area (Å²) in [5, 5.41) is 10.9. The highest BCUT2D eigenvalue weighted by Gasteiger charge is 2.31. The first-order valence-corrected chi connectivity index (χ1v) is 5.09. The second kappa shape index (κ2) is 6.07. The molecule has 1 atom stereocenters. The number of amides is 1. The molecule has 0 saturated carbocycles. The van der Waals surface area contributed by atoms with E-state index in [1.165, 1.54) is 12.1 Å². The molecule has 1 aromatic rings. The van der Waals surface area contributed by atoms with E-state index in [0.29, 0.717) is 12.0 Å². The van der Waals surface area contributed by atoms with Gasteiger partial charge in [-0.2, -0.15) is 0 Å². The Kier molecular flexibility index (Phi) is 4.74. The monoisotopic (exact) mass is 277 g/mol.